The Bertz CT molecular complexity index is 513. The van der Waals surface area contributed by atoms with Crippen molar-refractivity contribution in [2.75, 3.05) is 13.9 Å². The molecule has 0 saturated carbocycles. The summed E-state index contributed by atoms with van der Waals surface area (Å²) in [6, 6.07) is 10.7. The highest BCUT2D eigenvalue weighted by atomic mass is 16.7. The fourth-order valence-electron chi connectivity index (χ4n) is 1.77. The Morgan fingerprint density at radius 1 is 1.06 bits per heavy atom. The van der Waals surface area contributed by atoms with Crippen molar-refractivity contribution in [1.29, 1.82) is 0 Å². The lowest BCUT2D eigenvalue weighted by molar-refractivity contribution is 0.0522. The topological polar surface area (TPSA) is 58.9 Å². The molecule has 4 nitrogen and oxygen atoms in total. The summed E-state index contributed by atoms with van der Waals surface area (Å²) < 4.78 is 10.3. The molecule has 0 spiro atoms. The molecule has 2 rings (SSSR count). The van der Waals surface area contributed by atoms with Gasteiger partial charge >= 0.3 is 7.12 Å². The van der Waals surface area contributed by atoms with Crippen molar-refractivity contribution in [3.05, 3.63) is 36.4 Å². The Kier molecular flexibility index (Phi) is 3.63. The zero-order chi connectivity index (χ0) is 12.3. The van der Waals surface area contributed by atoms with Crippen LogP contribution in [0.4, 0.5) is 0 Å². The van der Waals surface area contributed by atoms with Crippen LogP contribution >= 0.6 is 0 Å². The summed E-state index contributed by atoms with van der Waals surface area (Å²) in [5.41, 5.74) is 0.463. The normalized spacial score (nSPS) is 10.5. The second-order valence-corrected chi connectivity index (χ2v) is 3.62. The molecule has 0 aliphatic rings. The maximum absolute atomic E-state index is 9.28. The van der Waals surface area contributed by atoms with E-state index in [9.17, 15) is 10.0 Å². The van der Waals surface area contributed by atoms with E-state index in [-0.39, 0.29) is 6.79 Å². The second kappa shape index (κ2) is 5.18. The molecule has 0 unspecified atom stereocenters. The summed E-state index contributed by atoms with van der Waals surface area (Å²) >= 11 is 0. The summed E-state index contributed by atoms with van der Waals surface area (Å²) in [6.45, 7) is 0.158. The molecular weight excluding hydrogens is 219 g/mol. The largest absolute Gasteiger partial charge is 0.489 e. The number of fused-ring (bicyclic) bond motifs is 1. The Balaban J connectivity index is 2.54. The highest BCUT2D eigenvalue weighted by Gasteiger charge is 2.16. The number of rotatable bonds is 4. The van der Waals surface area contributed by atoms with Crippen LogP contribution in [0.5, 0.6) is 5.75 Å². The summed E-state index contributed by atoms with van der Waals surface area (Å²) in [7, 11) is 0.0602. The molecular formula is C12H13BO4. The molecule has 5 heteroatoms. The lowest BCUT2D eigenvalue weighted by Gasteiger charge is -2.11. The minimum atomic E-state index is -1.49. The zero-order valence-electron chi connectivity index (χ0n) is 9.46. The van der Waals surface area contributed by atoms with E-state index in [1.807, 2.05) is 24.3 Å². The standard InChI is InChI=1S/C12H13BO4/c1-16-8-17-12-7-6-11(13(14)15)9-4-2-3-5-10(9)12/h2-7,14-15H,8H2,1H3. The second-order valence-electron chi connectivity index (χ2n) is 3.62. The van der Waals surface area contributed by atoms with Crippen molar-refractivity contribution in [3.8, 4) is 5.75 Å². The summed E-state index contributed by atoms with van der Waals surface area (Å²) in [6.07, 6.45) is 0. The maximum atomic E-state index is 9.28. The molecule has 0 amide bonds. The lowest BCUT2D eigenvalue weighted by atomic mass is 9.77. The van der Waals surface area contributed by atoms with Crippen molar-refractivity contribution in [2.24, 2.45) is 0 Å². The fourth-order valence-corrected chi connectivity index (χ4v) is 1.77. The van der Waals surface area contributed by atoms with E-state index in [0.29, 0.717) is 11.2 Å². The van der Waals surface area contributed by atoms with E-state index in [4.69, 9.17) is 9.47 Å². The van der Waals surface area contributed by atoms with Gasteiger partial charge in [-0.15, -0.1) is 0 Å². The van der Waals surface area contributed by atoms with E-state index >= 15 is 0 Å². The van der Waals surface area contributed by atoms with E-state index in [1.54, 1.807) is 19.2 Å². The molecule has 2 N–H and O–H groups in total. The van der Waals surface area contributed by atoms with Crippen LogP contribution in [-0.2, 0) is 4.74 Å². The van der Waals surface area contributed by atoms with Crippen molar-refractivity contribution in [3.63, 3.8) is 0 Å². The number of benzene rings is 2. The quantitative estimate of drug-likeness (QED) is 0.595. The third-order valence-electron chi connectivity index (χ3n) is 2.53. The molecule has 0 aromatic heterocycles. The monoisotopic (exact) mass is 232 g/mol. The average molecular weight is 232 g/mol. The van der Waals surface area contributed by atoms with Crippen LogP contribution in [0, 0.1) is 0 Å². The van der Waals surface area contributed by atoms with Crippen LogP contribution in [0.15, 0.2) is 36.4 Å². The fraction of sp³-hybridized carbons (Fsp3) is 0.167. The first-order valence-electron chi connectivity index (χ1n) is 5.23. The highest BCUT2D eigenvalue weighted by molar-refractivity contribution is 6.62. The zero-order valence-corrected chi connectivity index (χ0v) is 9.46. The third-order valence-corrected chi connectivity index (χ3v) is 2.53. The lowest BCUT2D eigenvalue weighted by Crippen LogP contribution is -2.30. The molecule has 0 bridgehead atoms. The Morgan fingerprint density at radius 3 is 2.41 bits per heavy atom. The van der Waals surface area contributed by atoms with Crippen LogP contribution in [-0.4, -0.2) is 31.1 Å². The Labute approximate surface area is 99.6 Å². The number of ether oxygens (including phenoxy) is 2. The van der Waals surface area contributed by atoms with Crippen molar-refractivity contribution in [1.82, 2.24) is 0 Å². The summed E-state index contributed by atoms with van der Waals surface area (Å²) in [5.74, 6) is 0.659. The smallest absolute Gasteiger partial charge is 0.467 e. The molecule has 2 aromatic carbocycles. The molecule has 0 fully saturated rings. The van der Waals surface area contributed by atoms with Crippen molar-refractivity contribution in [2.45, 2.75) is 0 Å². The van der Waals surface area contributed by atoms with Crippen LogP contribution in [0.1, 0.15) is 0 Å². The Hall–Kier alpha value is -1.56. The van der Waals surface area contributed by atoms with Crippen molar-refractivity contribution < 1.29 is 19.5 Å². The molecule has 0 radical (unpaired) electrons. The first-order chi connectivity index (χ1) is 8.24. The van der Waals surface area contributed by atoms with Crippen LogP contribution in [0.25, 0.3) is 10.8 Å². The molecule has 0 aliphatic heterocycles. The molecule has 2 aromatic rings. The highest BCUT2D eigenvalue weighted by Crippen LogP contribution is 2.24. The maximum Gasteiger partial charge on any atom is 0.489 e. The van der Waals surface area contributed by atoms with Gasteiger partial charge in [0, 0.05) is 12.5 Å². The molecule has 0 aliphatic carbocycles. The number of hydrogen-bond acceptors (Lipinski definition) is 4. The number of methoxy groups -OCH3 is 1. The third kappa shape index (κ3) is 2.41. The van der Waals surface area contributed by atoms with Gasteiger partial charge in [-0.25, -0.2) is 0 Å². The van der Waals surface area contributed by atoms with Gasteiger partial charge in [0.15, 0.2) is 6.79 Å². The SMILES string of the molecule is COCOc1ccc(B(O)O)c2ccccc12. The van der Waals surface area contributed by atoms with Gasteiger partial charge in [-0.05, 0) is 16.9 Å². The first-order valence-corrected chi connectivity index (χ1v) is 5.23. The van der Waals surface area contributed by atoms with Gasteiger partial charge < -0.3 is 19.5 Å². The van der Waals surface area contributed by atoms with E-state index in [2.05, 4.69) is 0 Å². The number of hydrogen-bond donors (Lipinski definition) is 2. The predicted octanol–water partition coefficient (Wildman–Crippen LogP) is 0.502. The van der Waals surface area contributed by atoms with Gasteiger partial charge in [0.1, 0.15) is 5.75 Å². The van der Waals surface area contributed by atoms with Crippen molar-refractivity contribution >= 4 is 23.4 Å². The molecule has 17 heavy (non-hydrogen) atoms. The van der Waals surface area contributed by atoms with Crippen LogP contribution in [0.2, 0.25) is 0 Å². The van der Waals surface area contributed by atoms with Gasteiger partial charge in [-0.3, -0.25) is 0 Å². The van der Waals surface area contributed by atoms with E-state index < -0.39 is 7.12 Å². The minimum Gasteiger partial charge on any atom is -0.467 e. The van der Waals surface area contributed by atoms with Gasteiger partial charge in [0.25, 0.3) is 0 Å². The molecule has 88 valence electrons. The van der Waals surface area contributed by atoms with Gasteiger partial charge in [0.2, 0.25) is 0 Å². The summed E-state index contributed by atoms with van der Waals surface area (Å²) in [5, 5.41) is 20.1. The van der Waals surface area contributed by atoms with Crippen LogP contribution in [0.3, 0.4) is 0 Å². The van der Waals surface area contributed by atoms with Gasteiger partial charge in [-0.1, -0.05) is 30.3 Å². The predicted molar refractivity (Wildman–Crippen MR) is 66.3 cm³/mol. The minimum absolute atomic E-state index is 0.158. The van der Waals surface area contributed by atoms with Gasteiger partial charge in [-0.2, -0.15) is 0 Å². The summed E-state index contributed by atoms with van der Waals surface area (Å²) in [4.78, 5) is 0. The molecule has 0 heterocycles. The van der Waals surface area contributed by atoms with Gasteiger partial charge in [0.05, 0.1) is 0 Å². The molecule has 0 saturated heterocycles. The molecule has 0 atom stereocenters. The average Bonchev–Trinajstić information content (AvgIpc) is 2.35. The van der Waals surface area contributed by atoms with E-state index in [0.717, 1.165) is 10.8 Å². The Morgan fingerprint density at radius 2 is 1.76 bits per heavy atom. The van der Waals surface area contributed by atoms with Crippen LogP contribution < -0.4 is 10.2 Å². The first kappa shape index (κ1) is 11.9. The van der Waals surface area contributed by atoms with E-state index in [1.165, 1.54) is 0 Å².